The number of para-hydroxylation sites is 2. The molecule has 3 aliphatic heterocycles. The number of ether oxygens (including phenoxy) is 1. The Bertz CT molecular complexity index is 5360. The van der Waals surface area contributed by atoms with Crippen LogP contribution in [-0.2, 0) is 46.5 Å². The third-order valence-corrected chi connectivity index (χ3v) is 21.5. The van der Waals surface area contributed by atoms with Crippen molar-refractivity contribution in [3.8, 4) is 5.75 Å². The summed E-state index contributed by atoms with van der Waals surface area (Å²) >= 11 is 0.935. The monoisotopic (exact) mass is 1490 g/mol. The zero-order chi connectivity index (χ0) is 71.3. The van der Waals surface area contributed by atoms with Gasteiger partial charge in [0.05, 0.1) is 29.4 Å². The number of anilines is 2. The maximum absolute atomic E-state index is 11.8. The van der Waals surface area contributed by atoms with E-state index < -0.39 is 22.1 Å². The van der Waals surface area contributed by atoms with Crippen molar-refractivity contribution in [1.82, 2.24) is 0 Å². The van der Waals surface area contributed by atoms with Crippen molar-refractivity contribution in [1.29, 1.82) is 0 Å². The van der Waals surface area contributed by atoms with E-state index in [-0.39, 0.29) is 59.4 Å². The molecule has 0 aliphatic carbocycles. The molecule has 2 atom stereocenters. The lowest BCUT2D eigenvalue weighted by atomic mass is 9.73. The lowest BCUT2D eigenvalue weighted by Gasteiger charge is -2.30. The molecule has 18 nitrogen and oxygen atoms in total. The van der Waals surface area contributed by atoms with Gasteiger partial charge in [-0.05, 0) is 109 Å². The second-order valence-electron chi connectivity index (χ2n) is 26.7. The summed E-state index contributed by atoms with van der Waals surface area (Å²) in [5.41, 5.74) is 12.5. The minimum atomic E-state index is -4.15. The molecule has 11 aromatic rings. The number of aryl methyl sites for hydroxylation is 1. The van der Waals surface area contributed by atoms with E-state index in [1.165, 1.54) is 32.7 Å². The second-order valence-corrected chi connectivity index (χ2v) is 29.0. The molecule has 0 saturated heterocycles. The zero-order valence-corrected chi connectivity index (χ0v) is 61.5. The van der Waals surface area contributed by atoms with Crippen molar-refractivity contribution in [2.24, 2.45) is 0 Å². The first kappa shape index (κ1) is 73.4. The van der Waals surface area contributed by atoms with Crippen LogP contribution in [0.25, 0.3) is 82.6 Å². The van der Waals surface area contributed by atoms with Crippen LogP contribution in [0, 0.1) is 0 Å². The first-order chi connectivity index (χ1) is 49.4. The predicted octanol–water partition coefficient (Wildman–Crippen LogP) is 15.0. The van der Waals surface area contributed by atoms with Gasteiger partial charge in [-0.3, -0.25) is 19.2 Å². The number of fused-ring (bicyclic) bond motifs is 14. The number of nitrogens with zero attached hydrogens (tertiary/aromatic N) is 4. The van der Waals surface area contributed by atoms with Crippen LogP contribution in [0.4, 0.5) is 17.1 Å². The summed E-state index contributed by atoms with van der Waals surface area (Å²) in [5.74, 6) is 0.181. The number of unbranched alkanes of at least 4 members (excludes halogenated alkanes) is 2. The lowest BCUT2D eigenvalue weighted by molar-refractivity contribution is -0.777. The van der Waals surface area contributed by atoms with Gasteiger partial charge in [-0.2, -0.15) is 21.9 Å². The number of aliphatic carboxylic acids is 2. The first-order valence-electron chi connectivity index (χ1n) is 35.0. The zero-order valence-electron chi connectivity index (χ0n) is 58.2. The number of halogens is 1. The van der Waals surface area contributed by atoms with Gasteiger partial charge in [-0.15, -0.1) is 0 Å². The number of carbonyl (C=O) groups is 2. The number of oxazole rings is 1. The molecule has 3 aliphatic rings. The van der Waals surface area contributed by atoms with Crippen LogP contribution in [0.1, 0.15) is 122 Å². The van der Waals surface area contributed by atoms with Crippen molar-refractivity contribution in [3.63, 3.8) is 0 Å². The van der Waals surface area contributed by atoms with Crippen LogP contribution in [0.5, 0.6) is 5.75 Å². The van der Waals surface area contributed by atoms with E-state index in [2.05, 4.69) is 160 Å². The topological polar surface area (TPSA) is 233 Å². The molecule has 103 heavy (non-hydrogen) atoms. The second kappa shape index (κ2) is 31.7. The highest BCUT2D eigenvalue weighted by Gasteiger charge is 2.49. The SMILES string of the molecule is CCC(/C=C1\Oc2cc3oc4ccccc4c3cc2N1CCCS(=O)(=O)O)=C\c1oc2cc3oc4ccccc4c3cc2[n+]1CCCSOO[O-].CCCCC1(C)C(/C=C/C=C/C=C2/N(CCC(=O)O)c3ccc4ccccc4c3C2(C)CCCC)=[N+](CCC(=O)O)c2ccc3ccccc3c21.[Br-]. The molecule has 0 bridgehead atoms. The van der Waals surface area contributed by atoms with E-state index in [1.54, 1.807) is 0 Å². The summed E-state index contributed by atoms with van der Waals surface area (Å²) in [6.07, 6.45) is 22.2. The summed E-state index contributed by atoms with van der Waals surface area (Å²) < 4.78 is 66.6. The van der Waals surface area contributed by atoms with Gasteiger partial charge in [0.1, 0.15) is 28.8 Å². The average molecular weight is 1490 g/mol. The molecule has 0 fully saturated rings. The van der Waals surface area contributed by atoms with Crippen molar-refractivity contribution in [3.05, 3.63) is 216 Å². The fourth-order valence-corrected chi connectivity index (χ4v) is 16.1. The molecule has 21 heteroatoms. The third-order valence-electron chi connectivity index (χ3n) is 20.1. The Kier molecular flexibility index (Phi) is 22.6. The molecule has 0 saturated carbocycles. The van der Waals surface area contributed by atoms with Crippen molar-refractivity contribution in [2.75, 3.05) is 40.9 Å². The molecule has 0 radical (unpaired) electrons. The Hall–Kier alpha value is -9.32. The highest BCUT2D eigenvalue weighted by Crippen LogP contribution is 2.54. The molecule has 6 heterocycles. The summed E-state index contributed by atoms with van der Waals surface area (Å²) in [6, 6.07) is 49.1. The number of aromatic nitrogens is 1. The highest BCUT2D eigenvalue weighted by molar-refractivity contribution is 7.94. The number of carboxylic acid groups (broad SMARTS) is 2. The molecule has 14 rings (SSSR count). The van der Waals surface area contributed by atoms with Gasteiger partial charge in [0.2, 0.25) is 17.2 Å². The number of benzene rings is 8. The number of furan rings is 2. The quantitative estimate of drug-likeness (QED) is 0.00787. The maximum atomic E-state index is 11.8. The smallest absolute Gasteiger partial charge is 0.374 e. The first-order valence-corrected chi connectivity index (χ1v) is 37.5. The van der Waals surface area contributed by atoms with Crippen LogP contribution in [0.2, 0.25) is 0 Å². The van der Waals surface area contributed by atoms with Crippen LogP contribution >= 0.6 is 12.0 Å². The average Bonchev–Trinajstić information content (AvgIpc) is 1.57. The van der Waals surface area contributed by atoms with E-state index >= 15 is 0 Å². The largest absolute Gasteiger partial charge is 1.00 e. The number of hydrogen-bond donors (Lipinski definition) is 3. The van der Waals surface area contributed by atoms with Gasteiger partial charge in [-0.1, -0.05) is 156 Å². The van der Waals surface area contributed by atoms with Crippen LogP contribution in [0.3, 0.4) is 0 Å². The molecule has 8 aromatic carbocycles. The maximum Gasteiger partial charge on any atom is 0.374 e. The standard InChI is InChI=1S/C45H50N2O4.C37H32N2O10S2.BrH/c1-5-7-28-44(3)38(46(30-26-40(48)49)36-24-22-32-16-12-14-18-34(32)42(36)44)20-10-9-11-21-39-45(4,29-8-6-2)43-35-19-15-13-17-33(35)23-25-37(43)47(39)31-27-41(50)51;1-2-23(17-36-38(13-7-15-50-49-48-40)28-19-26-24-9-3-5-11-30(24)44-32(26)21-34(28)46-36)18-37-39(14-8-16-51(41,42)43)29-20-27-25-10-4-6-12-31(25)45-33(27)22-35(29)47-37;/h9-25H,5-8,26-31H2,1-4H3,(H-,48,49,50,51);3-6,9-12,17-22H,2,7-8,13-16H2,1H3,(H-,40,41,42,43);1H. The molecule has 3 aromatic heterocycles. The summed E-state index contributed by atoms with van der Waals surface area (Å²) in [6.45, 7) is 12.7. The minimum Gasteiger partial charge on any atom is -1.00 e. The number of allylic oxidation sites excluding steroid dienone is 8. The minimum absolute atomic E-state index is 0. The molecule has 3 N–H and O–H groups in total. The molecular weight excluding hydrogens is 1410 g/mol. The van der Waals surface area contributed by atoms with Gasteiger partial charge >= 0.3 is 17.8 Å². The van der Waals surface area contributed by atoms with Crippen LogP contribution < -0.4 is 41.3 Å². The van der Waals surface area contributed by atoms with E-state index in [1.807, 2.05) is 90.7 Å². The Morgan fingerprint density at radius 3 is 1.92 bits per heavy atom. The molecule has 2 unspecified atom stereocenters. The van der Waals surface area contributed by atoms with Gasteiger partial charge in [0.25, 0.3) is 15.6 Å². The molecule has 0 amide bonds. The molecule has 534 valence electrons. The number of rotatable bonds is 28. The number of hydrogen-bond acceptors (Lipinski definition) is 14. The van der Waals surface area contributed by atoms with E-state index in [9.17, 15) is 38.0 Å². The lowest BCUT2D eigenvalue weighted by Crippen LogP contribution is -3.00. The summed E-state index contributed by atoms with van der Waals surface area (Å²) in [7, 11) is -4.15. The third kappa shape index (κ3) is 15.1. The molecule has 0 spiro atoms. The van der Waals surface area contributed by atoms with Crippen LogP contribution in [0.15, 0.2) is 212 Å². The van der Waals surface area contributed by atoms with Gasteiger partial charge in [-0.25, -0.2) is 0 Å². The Balaban J connectivity index is 0.000000192. The number of carboxylic acids is 2. The van der Waals surface area contributed by atoms with E-state index in [4.69, 9.17) is 18.0 Å². The fraction of sp³-hybridized carbons (Fsp3) is 0.293. The van der Waals surface area contributed by atoms with Crippen molar-refractivity contribution in [2.45, 2.75) is 123 Å². The fourth-order valence-electron chi connectivity index (χ4n) is 15.2. The van der Waals surface area contributed by atoms with E-state index in [0.29, 0.717) is 72.5 Å². The summed E-state index contributed by atoms with van der Waals surface area (Å²) in [5, 5.41) is 41.9. The summed E-state index contributed by atoms with van der Waals surface area (Å²) in [4.78, 5) is 27.8. The van der Waals surface area contributed by atoms with Crippen molar-refractivity contribution >= 4 is 139 Å². The van der Waals surface area contributed by atoms with E-state index in [0.717, 1.165) is 123 Å². The normalized spacial score (nSPS) is 17.5. The Labute approximate surface area is 612 Å². The Morgan fingerprint density at radius 1 is 0.631 bits per heavy atom. The predicted molar refractivity (Wildman–Crippen MR) is 402 cm³/mol. The van der Waals surface area contributed by atoms with Gasteiger partial charge < -0.3 is 60.2 Å². The van der Waals surface area contributed by atoms with Gasteiger partial charge in [0.15, 0.2) is 24.6 Å². The van der Waals surface area contributed by atoms with Gasteiger partial charge in [0, 0.05) is 118 Å². The molecular formula is C82H83BrN4O14S2. The highest BCUT2D eigenvalue weighted by atomic mass is 79.9. The van der Waals surface area contributed by atoms with Crippen molar-refractivity contribution < 1.29 is 91.5 Å². The van der Waals surface area contributed by atoms with Crippen LogP contribution in [-0.4, -0.2) is 76.5 Å². The Morgan fingerprint density at radius 2 is 1.26 bits per heavy atom.